The summed E-state index contributed by atoms with van der Waals surface area (Å²) in [6.07, 6.45) is 3.81. The van der Waals surface area contributed by atoms with Crippen LogP contribution in [0.15, 0.2) is 24.3 Å². The van der Waals surface area contributed by atoms with Gasteiger partial charge in [0.15, 0.2) is 0 Å². The van der Waals surface area contributed by atoms with E-state index < -0.39 is 5.60 Å². The van der Waals surface area contributed by atoms with Gasteiger partial charge in [0, 0.05) is 30.5 Å². The Kier molecular flexibility index (Phi) is 6.10. The SMILES string of the molecule is CC(C)N(CC(C)(C)O)C(=O)Nc1ccc(N2CCCCC2)cc1. The average molecular weight is 333 g/mol. The van der Waals surface area contributed by atoms with Crippen LogP contribution in [0.1, 0.15) is 47.0 Å². The Bertz CT molecular complexity index is 529. The van der Waals surface area contributed by atoms with Crippen LogP contribution < -0.4 is 10.2 Å². The molecule has 0 saturated carbocycles. The Morgan fingerprint density at radius 2 is 1.79 bits per heavy atom. The molecule has 0 atom stereocenters. The Hall–Kier alpha value is -1.75. The van der Waals surface area contributed by atoms with Crippen LogP contribution in [0.2, 0.25) is 0 Å². The molecule has 0 aliphatic carbocycles. The van der Waals surface area contributed by atoms with Gasteiger partial charge in [-0.3, -0.25) is 0 Å². The second-order valence-corrected chi connectivity index (χ2v) is 7.56. The van der Waals surface area contributed by atoms with E-state index >= 15 is 0 Å². The second-order valence-electron chi connectivity index (χ2n) is 7.56. The van der Waals surface area contributed by atoms with Gasteiger partial charge < -0.3 is 20.2 Å². The molecule has 1 heterocycles. The first-order valence-electron chi connectivity index (χ1n) is 8.91. The van der Waals surface area contributed by atoms with Crippen molar-refractivity contribution in [3.63, 3.8) is 0 Å². The summed E-state index contributed by atoms with van der Waals surface area (Å²) in [5.74, 6) is 0. The summed E-state index contributed by atoms with van der Waals surface area (Å²) in [5.41, 5.74) is 1.08. The molecule has 5 nitrogen and oxygen atoms in total. The van der Waals surface area contributed by atoms with Gasteiger partial charge >= 0.3 is 6.03 Å². The fraction of sp³-hybridized carbons (Fsp3) is 0.632. The van der Waals surface area contributed by atoms with E-state index in [0.717, 1.165) is 18.8 Å². The first-order valence-corrected chi connectivity index (χ1v) is 8.91. The summed E-state index contributed by atoms with van der Waals surface area (Å²) in [4.78, 5) is 16.6. The number of rotatable bonds is 5. The van der Waals surface area contributed by atoms with Crippen molar-refractivity contribution >= 4 is 17.4 Å². The minimum Gasteiger partial charge on any atom is -0.389 e. The zero-order chi connectivity index (χ0) is 17.7. The highest BCUT2D eigenvalue weighted by molar-refractivity contribution is 5.89. The molecule has 1 aliphatic heterocycles. The van der Waals surface area contributed by atoms with Crippen molar-refractivity contribution in [3.05, 3.63) is 24.3 Å². The van der Waals surface area contributed by atoms with Crippen LogP contribution in [-0.4, -0.2) is 47.3 Å². The largest absolute Gasteiger partial charge is 0.389 e. The minimum atomic E-state index is -0.917. The minimum absolute atomic E-state index is 0.0176. The highest BCUT2D eigenvalue weighted by Gasteiger charge is 2.24. The lowest BCUT2D eigenvalue weighted by Crippen LogP contribution is -2.47. The average Bonchev–Trinajstić information content (AvgIpc) is 2.53. The van der Waals surface area contributed by atoms with Crippen LogP contribution in [0.25, 0.3) is 0 Å². The van der Waals surface area contributed by atoms with Gasteiger partial charge in [0.05, 0.1) is 12.1 Å². The number of piperidine rings is 1. The van der Waals surface area contributed by atoms with E-state index in [4.69, 9.17) is 0 Å². The lowest BCUT2D eigenvalue weighted by molar-refractivity contribution is 0.0412. The number of amides is 2. The molecule has 0 aromatic heterocycles. The summed E-state index contributed by atoms with van der Waals surface area (Å²) in [6, 6.07) is 7.86. The molecule has 2 N–H and O–H groups in total. The quantitative estimate of drug-likeness (QED) is 0.864. The Morgan fingerprint density at radius 1 is 1.21 bits per heavy atom. The Labute approximate surface area is 145 Å². The topological polar surface area (TPSA) is 55.8 Å². The number of benzene rings is 1. The summed E-state index contributed by atoms with van der Waals surface area (Å²) in [7, 11) is 0. The molecule has 24 heavy (non-hydrogen) atoms. The third-order valence-corrected chi connectivity index (χ3v) is 4.28. The molecule has 1 saturated heterocycles. The van der Waals surface area contributed by atoms with Crippen LogP contribution in [-0.2, 0) is 0 Å². The molecule has 2 rings (SSSR count). The van der Waals surface area contributed by atoms with Gasteiger partial charge in [-0.15, -0.1) is 0 Å². The fourth-order valence-electron chi connectivity index (χ4n) is 3.01. The van der Waals surface area contributed by atoms with Gasteiger partial charge in [0.25, 0.3) is 0 Å². The number of urea groups is 1. The number of hydrogen-bond acceptors (Lipinski definition) is 3. The van der Waals surface area contributed by atoms with Crippen molar-refractivity contribution in [3.8, 4) is 0 Å². The van der Waals surface area contributed by atoms with E-state index in [2.05, 4.69) is 22.3 Å². The first kappa shape index (κ1) is 18.6. The predicted octanol–water partition coefficient (Wildman–Crippen LogP) is 3.69. The highest BCUT2D eigenvalue weighted by atomic mass is 16.3. The molecule has 5 heteroatoms. The van der Waals surface area contributed by atoms with Crippen LogP contribution in [0, 0.1) is 0 Å². The number of hydrogen-bond donors (Lipinski definition) is 2. The molecule has 1 aromatic carbocycles. The van der Waals surface area contributed by atoms with Gasteiger partial charge in [-0.1, -0.05) is 0 Å². The molecule has 1 aliphatic rings. The van der Waals surface area contributed by atoms with Crippen LogP contribution in [0.5, 0.6) is 0 Å². The molecule has 0 radical (unpaired) electrons. The third-order valence-electron chi connectivity index (χ3n) is 4.28. The molecule has 0 bridgehead atoms. The van der Waals surface area contributed by atoms with E-state index in [1.165, 1.54) is 24.9 Å². The molecule has 1 aromatic rings. The first-order chi connectivity index (χ1) is 11.3. The molecular formula is C19H31N3O2. The van der Waals surface area contributed by atoms with Crippen LogP contribution in [0.4, 0.5) is 16.2 Å². The van der Waals surface area contributed by atoms with Gasteiger partial charge in [-0.2, -0.15) is 0 Å². The Morgan fingerprint density at radius 3 is 2.29 bits per heavy atom. The monoisotopic (exact) mass is 333 g/mol. The van der Waals surface area contributed by atoms with Gasteiger partial charge in [-0.25, -0.2) is 4.79 Å². The van der Waals surface area contributed by atoms with Crippen molar-refractivity contribution in [2.45, 2.75) is 58.6 Å². The predicted molar refractivity (Wildman–Crippen MR) is 99.7 cm³/mol. The summed E-state index contributed by atoms with van der Waals surface area (Å²) >= 11 is 0. The van der Waals surface area contributed by atoms with E-state index in [-0.39, 0.29) is 12.1 Å². The zero-order valence-corrected chi connectivity index (χ0v) is 15.4. The summed E-state index contributed by atoms with van der Waals surface area (Å²) in [6.45, 7) is 9.83. The lowest BCUT2D eigenvalue weighted by atomic mass is 10.1. The maximum absolute atomic E-state index is 12.5. The van der Waals surface area contributed by atoms with Crippen molar-refractivity contribution < 1.29 is 9.90 Å². The zero-order valence-electron chi connectivity index (χ0n) is 15.4. The smallest absolute Gasteiger partial charge is 0.322 e. The maximum atomic E-state index is 12.5. The number of carbonyl (C=O) groups excluding carboxylic acids is 1. The number of carbonyl (C=O) groups is 1. The fourth-order valence-corrected chi connectivity index (χ4v) is 3.01. The van der Waals surface area contributed by atoms with Crippen molar-refractivity contribution in [1.29, 1.82) is 0 Å². The molecule has 2 amide bonds. The number of anilines is 2. The van der Waals surface area contributed by atoms with E-state index in [9.17, 15) is 9.90 Å². The Balaban J connectivity index is 1.99. The second kappa shape index (κ2) is 7.88. The molecular weight excluding hydrogens is 302 g/mol. The summed E-state index contributed by atoms with van der Waals surface area (Å²) in [5, 5.41) is 12.9. The lowest BCUT2D eigenvalue weighted by Gasteiger charge is -2.32. The van der Waals surface area contributed by atoms with Gasteiger partial charge in [0.2, 0.25) is 0 Å². The van der Waals surface area contributed by atoms with Crippen LogP contribution >= 0.6 is 0 Å². The number of aliphatic hydroxyl groups is 1. The van der Waals surface area contributed by atoms with Gasteiger partial charge in [0.1, 0.15) is 0 Å². The molecule has 0 spiro atoms. The summed E-state index contributed by atoms with van der Waals surface area (Å²) < 4.78 is 0. The van der Waals surface area contributed by atoms with Crippen LogP contribution in [0.3, 0.4) is 0 Å². The third kappa shape index (κ3) is 5.41. The van der Waals surface area contributed by atoms with E-state index in [0.29, 0.717) is 6.54 Å². The molecule has 1 fully saturated rings. The number of nitrogens with one attached hydrogen (secondary N) is 1. The number of nitrogens with zero attached hydrogens (tertiary/aromatic N) is 2. The van der Waals surface area contributed by atoms with E-state index in [1.54, 1.807) is 18.7 Å². The highest BCUT2D eigenvalue weighted by Crippen LogP contribution is 2.22. The van der Waals surface area contributed by atoms with Crippen molar-refractivity contribution in [1.82, 2.24) is 4.90 Å². The molecule has 134 valence electrons. The van der Waals surface area contributed by atoms with Crippen molar-refractivity contribution in [2.75, 3.05) is 29.9 Å². The van der Waals surface area contributed by atoms with Crippen molar-refractivity contribution in [2.24, 2.45) is 0 Å². The molecule has 0 unspecified atom stereocenters. The van der Waals surface area contributed by atoms with Gasteiger partial charge in [-0.05, 0) is 71.2 Å². The maximum Gasteiger partial charge on any atom is 0.322 e. The van der Waals surface area contributed by atoms with E-state index in [1.807, 2.05) is 26.0 Å². The normalized spacial score (nSPS) is 15.5. The standard InChI is InChI=1S/C19H31N3O2/c1-15(2)22(14-19(3,4)24)18(23)20-16-8-10-17(11-9-16)21-12-6-5-7-13-21/h8-11,15,24H,5-7,12-14H2,1-4H3,(H,20,23).